The van der Waals surface area contributed by atoms with Crippen LogP contribution in [0.15, 0.2) is 0 Å². The average Bonchev–Trinajstić information content (AvgIpc) is 2.22. The molecule has 0 spiro atoms. The van der Waals surface area contributed by atoms with Gasteiger partial charge in [0.15, 0.2) is 0 Å². The Hall–Kier alpha value is -0.120. The maximum absolute atomic E-state index is 5.87. The third kappa shape index (κ3) is 3.95. The molecule has 1 heterocycles. The summed E-state index contributed by atoms with van der Waals surface area (Å²) in [5.74, 6) is 0. The fourth-order valence-electron chi connectivity index (χ4n) is 2.00. The summed E-state index contributed by atoms with van der Waals surface area (Å²) in [6, 6.07) is 0.458. The highest BCUT2D eigenvalue weighted by Crippen LogP contribution is 2.07. The van der Waals surface area contributed by atoms with Gasteiger partial charge in [-0.25, -0.2) is 0 Å². The Morgan fingerprint density at radius 2 is 1.79 bits per heavy atom. The number of nitrogens with zero attached hydrogens (tertiary/aromatic N) is 2. The first-order valence-electron chi connectivity index (χ1n) is 5.96. The van der Waals surface area contributed by atoms with Crippen LogP contribution in [0.3, 0.4) is 0 Å². The second-order valence-corrected chi connectivity index (χ2v) is 4.21. The minimum atomic E-state index is 0.458. The summed E-state index contributed by atoms with van der Waals surface area (Å²) in [7, 11) is 0. The number of likely N-dealkylation sites (N-methyl/N-ethyl adjacent to an activating group) is 1. The van der Waals surface area contributed by atoms with Crippen molar-refractivity contribution in [2.24, 2.45) is 5.73 Å². The van der Waals surface area contributed by atoms with E-state index in [1.54, 1.807) is 0 Å². The number of hydrogen-bond acceptors (Lipinski definition) is 3. The van der Waals surface area contributed by atoms with Gasteiger partial charge in [-0.15, -0.1) is 0 Å². The summed E-state index contributed by atoms with van der Waals surface area (Å²) in [5, 5.41) is 0. The number of nitrogens with two attached hydrogens (primary N) is 1. The molecule has 0 atom stereocenters. The van der Waals surface area contributed by atoms with Gasteiger partial charge in [0.1, 0.15) is 0 Å². The van der Waals surface area contributed by atoms with E-state index in [-0.39, 0.29) is 0 Å². The number of piperidine rings is 1. The molecule has 0 aromatic rings. The molecule has 0 aromatic carbocycles. The quantitative estimate of drug-likeness (QED) is 0.709. The zero-order valence-electron chi connectivity index (χ0n) is 9.71. The summed E-state index contributed by atoms with van der Waals surface area (Å²) in [6.07, 6.45) is 2.36. The zero-order valence-corrected chi connectivity index (χ0v) is 9.71. The van der Waals surface area contributed by atoms with Crippen molar-refractivity contribution in [1.82, 2.24) is 9.80 Å². The maximum atomic E-state index is 5.87. The van der Waals surface area contributed by atoms with Gasteiger partial charge in [0.25, 0.3) is 0 Å². The van der Waals surface area contributed by atoms with Crippen molar-refractivity contribution in [2.75, 3.05) is 39.3 Å². The summed E-state index contributed by atoms with van der Waals surface area (Å²) in [5.41, 5.74) is 5.87. The molecule has 3 nitrogen and oxygen atoms in total. The molecule has 1 saturated heterocycles. The average molecular weight is 199 g/mol. The van der Waals surface area contributed by atoms with Crippen LogP contribution in [0, 0.1) is 0 Å². The van der Waals surface area contributed by atoms with Crippen molar-refractivity contribution in [3.63, 3.8) is 0 Å². The number of hydrogen-bond donors (Lipinski definition) is 1. The van der Waals surface area contributed by atoms with Crippen LogP contribution in [0.5, 0.6) is 0 Å². The van der Waals surface area contributed by atoms with Crippen molar-refractivity contribution in [1.29, 1.82) is 0 Å². The second-order valence-electron chi connectivity index (χ2n) is 4.21. The van der Waals surface area contributed by atoms with Crippen molar-refractivity contribution < 1.29 is 0 Å². The van der Waals surface area contributed by atoms with Gasteiger partial charge in [0.05, 0.1) is 0 Å². The van der Waals surface area contributed by atoms with Crippen molar-refractivity contribution in [3.05, 3.63) is 0 Å². The van der Waals surface area contributed by atoms with Gasteiger partial charge in [-0.05, 0) is 39.0 Å². The van der Waals surface area contributed by atoms with Gasteiger partial charge in [0, 0.05) is 19.1 Å². The van der Waals surface area contributed by atoms with Crippen LogP contribution in [-0.2, 0) is 0 Å². The lowest BCUT2D eigenvalue weighted by Gasteiger charge is -2.31. The van der Waals surface area contributed by atoms with E-state index >= 15 is 0 Å². The van der Waals surface area contributed by atoms with Crippen LogP contribution in [-0.4, -0.2) is 55.1 Å². The van der Waals surface area contributed by atoms with E-state index in [2.05, 4.69) is 23.6 Å². The summed E-state index contributed by atoms with van der Waals surface area (Å²) in [6.45, 7) is 11.6. The second kappa shape index (κ2) is 6.38. The van der Waals surface area contributed by atoms with E-state index < -0.39 is 0 Å². The van der Waals surface area contributed by atoms with Crippen LogP contribution in [0.2, 0.25) is 0 Å². The predicted molar refractivity (Wildman–Crippen MR) is 61.4 cm³/mol. The van der Waals surface area contributed by atoms with Gasteiger partial charge in [-0.1, -0.05) is 13.8 Å². The first-order valence-corrected chi connectivity index (χ1v) is 5.96. The molecule has 0 aliphatic carbocycles. The normalized spacial score (nSPS) is 20.6. The van der Waals surface area contributed by atoms with Crippen LogP contribution in [0.4, 0.5) is 0 Å². The third-order valence-corrected chi connectivity index (χ3v) is 3.26. The highest BCUT2D eigenvalue weighted by atomic mass is 15.2. The molecule has 0 saturated carbocycles. The predicted octanol–water partition coefficient (Wildman–Crippen LogP) is 0.751. The van der Waals surface area contributed by atoms with Crippen molar-refractivity contribution in [3.8, 4) is 0 Å². The van der Waals surface area contributed by atoms with E-state index in [1.807, 2.05) is 0 Å². The molecule has 3 heteroatoms. The lowest BCUT2D eigenvalue weighted by molar-refractivity contribution is 0.179. The van der Waals surface area contributed by atoms with Crippen molar-refractivity contribution in [2.45, 2.75) is 32.7 Å². The third-order valence-electron chi connectivity index (χ3n) is 3.26. The molecular formula is C11H25N3. The van der Waals surface area contributed by atoms with Gasteiger partial charge < -0.3 is 15.5 Å². The fourth-order valence-corrected chi connectivity index (χ4v) is 2.00. The Bertz CT molecular complexity index is 137. The van der Waals surface area contributed by atoms with Gasteiger partial charge in [-0.2, -0.15) is 0 Å². The van der Waals surface area contributed by atoms with Gasteiger partial charge in [0.2, 0.25) is 0 Å². The lowest BCUT2D eigenvalue weighted by atomic mass is 10.1. The number of likely N-dealkylation sites (tertiary alicyclic amines) is 1. The van der Waals surface area contributed by atoms with E-state index in [4.69, 9.17) is 5.73 Å². The van der Waals surface area contributed by atoms with Crippen LogP contribution in [0.25, 0.3) is 0 Å². The monoisotopic (exact) mass is 199 g/mol. The van der Waals surface area contributed by atoms with Crippen LogP contribution >= 0.6 is 0 Å². The minimum Gasteiger partial charge on any atom is -0.328 e. The molecule has 0 bridgehead atoms. The van der Waals surface area contributed by atoms with Gasteiger partial charge >= 0.3 is 0 Å². The topological polar surface area (TPSA) is 32.5 Å². The van der Waals surface area contributed by atoms with Crippen molar-refractivity contribution >= 4 is 0 Å². The largest absolute Gasteiger partial charge is 0.328 e. The fraction of sp³-hybridized carbons (Fsp3) is 1.00. The molecule has 1 aliphatic heterocycles. The molecule has 84 valence electrons. The van der Waals surface area contributed by atoms with E-state index in [0.29, 0.717) is 6.04 Å². The summed E-state index contributed by atoms with van der Waals surface area (Å²) < 4.78 is 0. The smallest absolute Gasteiger partial charge is 0.0109 e. The molecule has 2 N–H and O–H groups in total. The molecule has 0 unspecified atom stereocenters. The molecule has 14 heavy (non-hydrogen) atoms. The number of rotatable bonds is 5. The Labute approximate surface area is 88.2 Å². The summed E-state index contributed by atoms with van der Waals surface area (Å²) >= 11 is 0. The molecule has 0 aromatic heterocycles. The van der Waals surface area contributed by atoms with Crippen LogP contribution < -0.4 is 5.73 Å². The molecule has 1 aliphatic rings. The Morgan fingerprint density at radius 3 is 2.29 bits per heavy atom. The molecular weight excluding hydrogens is 174 g/mol. The SMILES string of the molecule is CCN(CC)CCN1CCC(N)CC1. The minimum absolute atomic E-state index is 0.458. The Kier molecular flexibility index (Phi) is 5.45. The van der Waals surface area contributed by atoms with Crippen LogP contribution in [0.1, 0.15) is 26.7 Å². The zero-order chi connectivity index (χ0) is 10.4. The lowest BCUT2D eigenvalue weighted by Crippen LogP contribution is -2.43. The first-order chi connectivity index (χ1) is 6.76. The highest BCUT2D eigenvalue weighted by molar-refractivity contribution is 4.74. The van der Waals surface area contributed by atoms with E-state index in [9.17, 15) is 0 Å². The Morgan fingerprint density at radius 1 is 1.21 bits per heavy atom. The van der Waals surface area contributed by atoms with E-state index in [1.165, 1.54) is 52.1 Å². The van der Waals surface area contributed by atoms with E-state index in [0.717, 1.165) is 0 Å². The highest BCUT2D eigenvalue weighted by Gasteiger charge is 2.15. The standard InChI is InChI=1S/C11H25N3/c1-3-13(4-2)9-10-14-7-5-11(12)6-8-14/h11H,3-10,12H2,1-2H3. The van der Waals surface area contributed by atoms with Gasteiger partial charge in [-0.3, -0.25) is 0 Å². The molecule has 1 rings (SSSR count). The molecule has 1 fully saturated rings. The molecule has 0 amide bonds. The summed E-state index contributed by atoms with van der Waals surface area (Å²) in [4.78, 5) is 5.02. The first kappa shape index (κ1) is 12.0. The molecule has 0 radical (unpaired) electrons. The maximum Gasteiger partial charge on any atom is 0.0109 e. The Balaban J connectivity index is 2.12.